The van der Waals surface area contributed by atoms with Gasteiger partial charge in [-0.2, -0.15) is 0 Å². The molecule has 0 spiro atoms. The minimum absolute atomic E-state index is 0.610. The lowest BCUT2D eigenvalue weighted by Gasteiger charge is -2.12. The van der Waals surface area contributed by atoms with Gasteiger partial charge in [0, 0.05) is 10.9 Å². The Balaban J connectivity index is 2.06. The molecule has 0 aromatic carbocycles. The van der Waals surface area contributed by atoms with Crippen molar-refractivity contribution in [1.29, 1.82) is 0 Å². The van der Waals surface area contributed by atoms with Gasteiger partial charge in [-0.1, -0.05) is 12.8 Å². The van der Waals surface area contributed by atoms with Crippen molar-refractivity contribution in [2.45, 2.75) is 31.7 Å². The summed E-state index contributed by atoms with van der Waals surface area (Å²) >= 11 is 5.37. The molecule has 0 radical (unpaired) electrons. The van der Waals surface area contributed by atoms with Gasteiger partial charge in [-0.15, -0.1) is 11.3 Å². The highest BCUT2D eigenvalue weighted by molar-refractivity contribution is 9.11. The van der Waals surface area contributed by atoms with E-state index in [0.29, 0.717) is 6.04 Å². The molecule has 13 heavy (non-hydrogen) atoms. The van der Waals surface area contributed by atoms with Crippen LogP contribution in [0.3, 0.4) is 0 Å². The van der Waals surface area contributed by atoms with Crippen molar-refractivity contribution in [2.75, 3.05) is 6.54 Å². The number of hydrogen-bond donors (Lipinski definition) is 1. The molecule has 2 heterocycles. The van der Waals surface area contributed by atoms with E-state index in [1.807, 2.05) is 11.3 Å². The third-order valence-corrected chi connectivity index (χ3v) is 4.24. The molecule has 0 saturated carbocycles. The predicted octanol–water partition coefficient (Wildman–Crippen LogP) is 3.72. The van der Waals surface area contributed by atoms with Crippen LogP contribution in [0.1, 0.15) is 36.6 Å². The van der Waals surface area contributed by atoms with Gasteiger partial charge in [-0.25, -0.2) is 0 Å². The van der Waals surface area contributed by atoms with Gasteiger partial charge in [0.1, 0.15) is 0 Å². The van der Waals surface area contributed by atoms with E-state index in [2.05, 4.69) is 33.4 Å². The second-order valence-corrected chi connectivity index (χ2v) is 5.99. The molecule has 1 aliphatic rings. The molecular weight excluding hydrogens is 246 g/mol. The monoisotopic (exact) mass is 259 g/mol. The lowest BCUT2D eigenvalue weighted by molar-refractivity contribution is 0.543. The summed E-state index contributed by atoms with van der Waals surface area (Å²) in [6.45, 7) is 1.18. The molecule has 1 atom stereocenters. The fourth-order valence-corrected chi connectivity index (χ4v) is 3.32. The van der Waals surface area contributed by atoms with Crippen LogP contribution in [0.2, 0.25) is 0 Å². The van der Waals surface area contributed by atoms with Crippen LogP contribution in [0.4, 0.5) is 0 Å². The van der Waals surface area contributed by atoms with E-state index in [0.717, 1.165) is 0 Å². The van der Waals surface area contributed by atoms with Crippen molar-refractivity contribution >= 4 is 27.3 Å². The number of halogens is 1. The van der Waals surface area contributed by atoms with Crippen LogP contribution in [0.15, 0.2) is 15.9 Å². The number of rotatable bonds is 1. The van der Waals surface area contributed by atoms with E-state index in [1.165, 1.54) is 40.9 Å². The van der Waals surface area contributed by atoms with Crippen molar-refractivity contribution < 1.29 is 0 Å². The number of nitrogens with one attached hydrogen (secondary N) is 1. The minimum Gasteiger partial charge on any atom is -0.309 e. The third kappa shape index (κ3) is 2.55. The SMILES string of the molecule is Brc1ccc([C@H]2CCCCCN2)s1. The maximum absolute atomic E-state index is 3.60. The average molecular weight is 260 g/mol. The van der Waals surface area contributed by atoms with Gasteiger partial charge in [-0.05, 0) is 47.4 Å². The van der Waals surface area contributed by atoms with Crippen LogP contribution < -0.4 is 5.32 Å². The molecule has 3 heteroatoms. The largest absolute Gasteiger partial charge is 0.309 e. The van der Waals surface area contributed by atoms with Crippen LogP contribution in [0.25, 0.3) is 0 Å². The fourth-order valence-electron chi connectivity index (χ4n) is 1.79. The summed E-state index contributed by atoms with van der Waals surface area (Å²) in [5, 5.41) is 3.60. The summed E-state index contributed by atoms with van der Waals surface area (Å²) in [5.41, 5.74) is 0. The molecule has 0 amide bonds. The van der Waals surface area contributed by atoms with Crippen LogP contribution in [-0.2, 0) is 0 Å². The first kappa shape index (κ1) is 9.69. The highest BCUT2D eigenvalue weighted by Gasteiger charge is 2.14. The Hall–Kier alpha value is 0.140. The van der Waals surface area contributed by atoms with E-state index < -0.39 is 0 Å². The summed E-state index contributed by atoms with van der Waals surface area (Å²) < 4.78 is 1.24. The predicted molar refractivity (Wildman–Crippen MR) is 61.2 cm³/mol. The average Bonchev–Trinajstić information content (AvgIpc) is 2.43. The van der Waals surface area contributed by atoms with E-state index in [-0.39, 0.29) is 0 Å². The normalized spacial score (nSPS) is 24.2. The van der Waals surface area contributed by atoms with Crippen LogP contribution in [0, 0.1) is 0 Å². The maximum Gasteiger partial charge on any atom is 0.0701 e. The maximum atomic E-state index is 3.60. The molecule has 72 valence electrons. The second kappa shape index (κ2) is 4.58. The topological polar surface area (TPSA) is 12.0 Å². The van der Waals surface area contributed by atoms with Crippen LogP contribution >= 0.6 is 27.3 Å². The zero-order chi connectivity index (χ0) is 9.10. The molecule has 0 bridgehead atoms. The van der Waals surface area contributed by atoms with Gasteiger partial charge >= 0.3 is 0 Å². The summed E-state index contributed by atoms with van der Waals surface area (Å²) in [5.74, 6) is 0. The van der Waals surface area contributed by atoms with Crippen molar-refractivity contribution in [1.82, 2.24) is 5.32 Å². The minimum atomic E-state index is 0.610. The van der Waals surface area contributed by atoms with Crippen molar-refractivity contribution in [2.24, 2.45) is 0 Å². The first-order valence-corrected chi connectivity index (χ1v) is 6.46. The van der Waals surface area contributed by atoms with Crippen LogP contribution in [0.5, 0.6) is 0 Å². The third-order valence-electron chi connectivity index (χ3n) is 2.50. The molecule has 1 nitrogen and oxygen atoms in total. The first-order chi connectivity index (χ1) is 6.36. The number of hydrogen-bond acceptors (Lipinski definition) is 2. The van der Waals surface area contributed by atoms with Crippen molar-refractivity contribution in [3.8, 4) is 0 Å². The molecule has 1 fully saturated rings. The van der Waals surface area contributed by atoms with Crippen LogP contribution in [-0.4, -0.2) is 6.54 Å². The Kier molecular flexibility index (Phi) is 3.41. The molecule has 1 N–H and O–H groups in total. The molecule has 2 rings (SSSR count). The summed E-state index contributed by atoms with van der Waals surface area (Å²) in [6, 6.07) is 4.99. The quantitative estimate of drug-likeness (QED) is 0.811. The summed E-state index contributed by atoms with van der Waals surface area (Å²) in [6.07, 6.45) is 5.39. The standard InChI is InChI=1S/C10H14BrNS/c11-10-6-5-9(13-10)8-4-2-1-3-7-12-8/h5-6,8,12H,1-4,7H2/t8-/m1/s1. The molecule has 0 aliphatic carbocycles. The van der Waals surface area contributed by atoms with Gasteiger partial charge < -0.3 is 5.32 Å². The first-order valence-electron chi connectivity index (χ1n) is 4.85. The molecular formula is C10H14BrNS. The van der Waals surface area contributed by atoms with Gasteiger partial charge in [-0.3, -0.25) is 0 Å². The number of thiophene rings is 1. The van der Waals surface area contributed by atoms with E-state index >= 15 is 0 Å². The smallest absolute Gasteiger partial charge is 0.0701 e. The zero-order valence-electron chi connectivity index (χ0n) is 7.55. The zero-order valence-corrected chi connectivity index (χ0v) is 9.96. The lowest BCUT2D eigenvalue weighted by Crippen LogP contribution is -2.19. The van der Waals surface area contributed by atoms with Gasteiger partial charge in [0.15, 0.2) is 0 Å². The summed E-state index contributed by atoms with van der Waals surface area (Å²) in [4.78, 5) is 1.48. The molecule has 0 unspecified atom stereocenters. The van der Waals surface area contributed by atoms with E-state index in [9.17, 15) is 0 Å². The van der Waals surface area contributed by atoms with Crippen molar-refractivity contribution in [3.63, 3.8) is 0 Å². The molecule has 1 aromatic heterocycles. The van der Waals surface area contributed by atoms with Gasteiger partial charge in [0.05, 0.1) is 3.79 Å². The fraction of sp³-hybridized carbons (Fsp3) is 0.600. The van der Waals surface area contributed by atoms with E-state index in [1.54, 1.807) is 0 Å². The second-order valence-electron chi connectivity index (χ2n) is 3.50. The highest BCUT2D eigenvalue weighted by atomic mass is 79.9. The summed E-state index contributed by atoms with van der Waals surface area (Å²) in [7, 11) is 0. The Labute approximate surface area is 91.7 Å². The molecule has 1 saturated heterocycles. The Morgan fingerprint density at radius 3 is 3.00 bits per heavy atom. The Morgan fingerprint density at radius 2 is 2.23 bits per heavy atom. The Bertz CT molecular complexity index is 264. The Morgan fingerprint density at radius 1 is 1.31 bits per heavy atom. The van der Waals surface area contributed by atoms with Gasteiger partial charge in [0.2, 0.25) is 0 Å². The molecule has 1 aliphatic heterocycles. The lowest BCUT2D eigenvalue weighted by atomic mass is 10.1. The van der Waals surface area contributed by atoms with E-state index in [4.69, 9.17) is 0 Å². The highest BCUT2D eigenvalue weighted by Crippen LogP contribution is 2.31. The van der Waals surface area contributed by atoms with Gasteiger partial charge in [0.25, 0.3) is 0 Å². The molecule has 1 aromatic rings. The van der Waals surface area contributed by atoms with Crippen molar-refractivity contribution in [3.05, 3.63) is 20.8 Å².